The van der Waals surface area contributed by atoms with Crippen molar-refractivity contribution in [1.29, 1.82) is 0 Å². The third-order valence-corrected chi connectivity index (χ3v) is 4.46. The molecule has 0 aliphatic carbocycles. The highest BCUT2D eigenvalue weighted by Gasteiger charge is 2.02. The average Bonchev–Trinajstić information content (AvgIpc) is 2.75. The monoisotopic (exact) mass is 420 g/mol. The molecular weight excluding hydrogens is 408 g/mol. The molecule has 4 aromatic carbocycles. The van der Waals surface area contributed by atoms with Crippen LogP contribution in [0.5, 0.6) is 34.5 Å². The first-order chi connectivity index (χ1) is 15.3. The van der Waals surface area contributed by atoms with Crippen LogP contribution in [0.3, 0.4) is 0 Å². The van der Waals surface area contributed by atoms with Gasteiger partial charge in [0, 0.05) is 68.7 Å². The third kappa shape index (κ3) is 3.89. The quantitative estimate of drug-likeness (QED) is 0.239. The Hall–Kier alpha value is -5.30. The van der Waals surface area contributed by atoms with E-state index in [1.165, 1.54) is 36.4 Å². The van der Waals surface area contributed by atoms with Crippen molar-refractivity contribution in [3.05, 3.63) is 84.9 Å². The topological polar surface area (TPSA) is 121 Å². The SMILES string of the molecule is Oc1cc2c#cc#cc3cc(O)c(O)cc3c#cc3cc(O)c(O)cc3c#cc2cc1O. The molecule has 0 aromatic heterocycles. The summed E-state index contributed by atoms with van der Waals surface area (Å²) in [5.74, 6) is -2.33. The van der Waals surface area contributed by atoms with Gasteiger partial charge in [0.25, 0.3) is 0 Å². The minimum absolute atomic E-state index is 0.270. The molecule has 0 aliphatic heterocycles. The fourth-order valence-corrected chi connectivity index (χ4v) is 2.82. The number of aromatic hydroxyl groups is 6. The minimum Gasteiger partial charge on any atom is -0.504 e. The molecule has 0 spiro atoms. The molecule has 0 amide bonds. The smallest absolute Gasteiger partial charge is 0.158 e. The van der Waals surface area contributed by atoms with Crippen LogP contribution in [0.1, 0.15) is 0 Å². The van der Waals surface area contributed by atoms with E-state index < -0.39 is 11.5 Å². The molecule has 4 aromatic rings. The molecule has 0 radical (unpaired) electrons. The summed E-state index contributed by atoms with van der Waals surface area (Å²) in [6, 6.07) is 29.5. The number of phenols is 6. The number of benzene rings is 3. The van der Waals surface area contributed by atoms with E-state index in [9.17, 15) is 30.6 Å². The molecule has 0 saturated carbocycles. The molecule has 6 heteroatoms. The molecule has 0 aliphatic rings. The van der Waals surface area contributed by atoms with Crippen LogP contribution in [0.15, 0.2) is 36.4 Å². The standard InChI is InChI=1S/C26H12O6/c27-21-9-15-3-1-2-4-16-10-22(28)24(30)12-18(16)6-8-20-14-26(32)25(31)13-19(20)7-5-17(15)11-23(21)29/h9-14,27-32H. The summed E-state index contributed by atoms with van der Waals surface area (Å²) in [5.41, 5.74) is 0. The van der Waals surface area contributed by atoms with Crippen LogP contribution in [0, 0.1) is 48.5 Å². The van der Waals surface area contributed by atoms with Gasteiger partial charge in [-0.3, -0.25) is 0 Å². The van der Waals surface area contributed by atoms with Crippen LogP contribution >= 0.6 is 0 Å². The first kappa shape index (κ1) is 20.0. The molecule has 6 N–H and O–H groups in total. The highest BCUT2D eigenvalue weighted by Crippen LogP contribution is 2.30. The van der Waals surface area contributed by atoms with Crippen molar-refractivity contribution in [3.8, 4) is 34.5 Å². The van der Waals surface area contributed by atoms with E-state index in [2.05, 4.69) is 48.5 Å². The Morgan fingerprint density at radius 3 is 0.719 bits per heavy atom. The van der Waals surface area contributed by atoms with E-state index in [0.717, 1.165) is 0 Å². The molecule has 0 fully saturated rings. The van der Waals surface area contributed by atoms with Gasteiger partial charge in [0.05, 0.1) is 0 Å². The lowest BCUT2D eigenvalue weighted by Crippen LogP contribution is -1.72. The summed E-state index contributed by atoms with van der Waals surface area (Å²) in [5, 5.41) is 60.9. The highest BCUT2D eigenvalue weighted by molar-refractivity contribution is 5.86. The van der Waals surface area contributed by atoms with Gasteiger partial charge >= 0.3 is 0 Å². The van der Waals surface area contributed by atoms with Crippen molar-refractivity contribution >= 4 is 32.3 Å². The van der Waals surface area contributed by atoms with E-state index >= 15 is 0 Å². The molecule has 0 unspecified atom stereocenters. The molecule has 0 bridgehead atoms. The number of hydrogen-bond acceptors (Lipinski definition) is 6. The maximum absolute atomic E-state index is 9.91. The molecule has 4 rings (SSSR count). The summed E-state index contributed by atoms with van der Waals surface area (Å²) in [6.07, 6.45) is 0. The Morgan fingerprint density at radius 1 is 0.312 bits per heavy atom. The predicted molar refractivity (Wildman–Crippen MR) is 115 cm³/mol. The molecular formula is C26H12O6. The van der Waals surface area contributed by atoms with Gasteiger partial charge in [-0.1, -0.05) is 36.4 Å². The highest BCUT2D eigenvalue weighted by atomic mass is 16.3. The molecule has 0 saturated heterocycles. The van der Waals surface area contributed by atoms with E-state index in [-0.39, 0.29) is 33.8 Å². The van der Waals surface area contributed by atoms with Gasteiger partial charge in [-0.2, -0.15) is 0 Å². The Balaban J connectivity index is 2.19. The summed E-state index contributed by atoms with van der Waals surface area (Å²) in [4.78, 5) is 0. The predicted octanol–water partition coefficient (Wildman–Crippen LogP) is 4.03. The zero-order chi connectivity index (χ0) is 22.8. The van der Waals surface area contributed by atoms with Crippen molar-refractivity contribution < 1.29 is 30.6 Å². The van der Waals surface area contributed by atoms with Gasteiger partial charge in [-0.05, 0) is 12.1 Å². The van der Waals surface area contributed by atoms with Crippen LogP contribution < -0.4 is 0 Å². The minimum atomic E-state index is -0.400. The Labute approximate surface area is 182 Å². The Kier molecular flexibility index (Phi) is 4.90. The molecule has 152 valence electrons. The van der Waals surface area contributed by atoms with Gasteiger partial charge in [-0.25, -0.2) is 0 Å². The maximum Gasteiger partial charge on any atom is 0.158 e. The van der Waals surface area contributed by atoms with Gasteiger partial charge in [0.2, 0.25) is 0 Å². The molecule has 0 heterocycles. The first-order valence-electron chi connectivity index (χ1n) is 9.06. The fraction of sp³-hybridized carbons (Fsp3) is 0. The number of phenolic OH excluding ortho intramolecular Hbond substituents is 6. The normalized spacial score (nSPS) is 9.62. The lowest BCUT2D eigenvalue weighted by atomic mass is 10.1. The average molecular weight is 420 g/mol. The lowest BCUT2D eigenvalue weighted by molar-refractivity contribution is 0.405. The van der Waals surface area contributed by atoms with E-state index in [4.69, 9.17) is 0 Å². The number of hydrogen-bond donors (Lipinski definition) is 6. The Bertz CT molecular complexity index is 1380. The van der Waals surface area contributed by atoms with E-state index in [0.29, 0.717) is 21.5 Å². The second-order valence-electron chi connectivity index (χ2n) is 6.66. The van der Waals surface area contributed by atoms with Crippen LogP contribution in [0.4, 0.5) is 0 Å². The molecule has 0 atom stereocenters. The summed E-state index contributed by atoms with van der Waals surface area (Å²) < 4.78 is 0. The summed E-state index contributed by atoms with van der Waals surface area (Å²) in [6.45, 7) is 0. The Morgan fingerprint density at radius 2 is 0.500 bits per heavy atom. The second-order valence-corrected chi connectivity index (χ2v) is 6.66. The van der Waals surface area contributed by atoms with Crippen molar-refractivity contribution in [2.75, 3.05) is 0 Å². The second kappa shape index (κ2) is 7.85. The van der Waals surface area contributed by atoms with Crippen molar-refractivity contribution in [2.24, 2.45) is 0 Å². The first-order valence-corrected chi connectivity index (χ1v) is 9.06. The molecule has 32 heavy (non-hydrogen) atoms. The van der Waals surface area contributed by atoms with Crippen molar-refractivity contribution in [1.82, 2.24) is 0 Å². The lowest BCUT2D eigenvalue weighted by Gasteiger charge is -1.97. The summed E-state index contributed by atoms with van der Waals surface area (Å²) >= 11 is 0. The van der Waals surface area contributed by atoms with Crippen LogP contribution in [-0.4, -0.2) is 30.6 Å². The summed E-state index contributed by atoms with van der Waals surface area (Å²) in [7, 11) is 0. The number of fused-ring (bicyclic) bond motifs is 3. The van der Waals surface area contributed by atoms with Gasteiger partial charge in [-0.15, -0.1) is 0 Å². The zero-order valence-corrected chi connectivity index (χ0v) is 16.1. The van der Waals surface area contributed by atoms with Crippen LogP contribution in [0.25, 0.3) is 32.3 Å². The largest absolute Gasteiger partial charge is 0.504 e. The number of rotatable bonds is 0. The van der Waals surface area contributed by atoms with E-state index in [1.54, 1.807) is 0 Å². The van der Waals surface area contributed by atoms with Gasteiger partial charge in [0.15, 0.2) is 34.5 Å². The van der Waals surface area contributed by atoms with Crippen molar-refractivity contribution in [3.63, 3.8) is 0 Å². The zero-order valence-electron chi connectivity index (χ0n) is 16.1. The fourth-order valence-electron chi connectivity index (χ4n) is 2.82. The van der Waals surface area contributed by atoms with Crippen LogP contribution in [-0.2, 0) is 0 Å². The van der Waals surface area contributed by atoms with Gasteiger partial charge in [0.1, 0.15) is 0 Å². The van der Waals surface area contributed by atoms with Gasteiger partial charge < -0.3 is 30.6 Å². The van der Waals surface area contributed by atoms with Crippen molar-refractivity contribution in [2.45, 2.75) is 0 Å². The van der Waals surface area contributed by atoms with Crippen LogP contribution in [0.2, 0.25) is 0 Å². The third-order valence-electron chi connectivity index (χ3n) is 4.46. The maximum atomic E-state index is 9.91. The molecule has 6 nitrogen and oxygen atoms in total. The van der Waals surface area contributed by atoms with E-state index in [1.807, 2.05) is 0 Å².